The van der Waals surface area contributed by atoms with Gasteiger partial charge in [-0.15, -0.1) is 13.2 Å². The first-order valence-electron chi connectivity index (χ1n) is 38.4. The number of hydrazone groups is 1. The van der Waals surface area contributed by atoms with Crippen LogP contribution in [0.3, 0.4) is 0 Å². The fourth-order valence-corrected chi connectivity index (χ4v) is 13.2. The minimum atomic E-state index is -4.77. The number of likely N-dealkylation sites (N-methyl/N-ethyl adjacent to an activating group) is 1. The average molecular weight is 1580 g/mol. The first-order chi connectivity index (χ1) is 55.3. The maximum Gasteiger partial charge on any atom is 0.573 e. The highest BCUT2D eigenvalue weighted by Crippen LogP contribution is 2.37. The highest BCUT2D eigenvalue weighted by atomic mass is 19.4. The number of piperazine rings is 1. The van der Waals surface area contributed by atoms with Crippen molar-refractivity contribution in [1.82, 2.24) is 45.1 Å². The summed E-state index contributed by atoms with van der Waals surface area (Å²) in [7, 11) is 2.00. The zero-order valence-corrected chi connectivity index (χ0v) is 64.1. The molecule has 5 aromatic carbocycles. The molecule has 1 aliphatic carbocycles. The Morgan fingerprint density at radius 1 is 0.614 bits per heavy atom. The maximum atomic E-state index is 14.3. The number of hydrogen-bond acceptors (Lipinski definition) is 21. The first-order valence-corrected chi connectivity index (χ1v) is 38.4. The molecule has 3 aromatic heterocycles. The summed E-state index contributed by atoms with van der Waals surface area (Å²) in [4.78, 5) is 57.4. The van der Waals surface area contributed by atoms with Gasteiger partial charge in [-0.25, -0.2) is 19.5 Å². The maximum absolute atomic E-state index is 14.3. The molecule has 0 radical (unpaired) electrons. The largest absolute Gasteiger partial charge is 0.573 e. The molecule has 1 saturated carbocycles. The SMILES string of the molecule is Cc1ccc(C(=O)Cc2ccc(CN3CCN(C)CC3)c(C(F)(F)F)c2)cc1C#Cc1cnc2cc(OCCOCCOCCOCCOCCOCCOCCNC(=O)c3cccc(C4=C5CCC(OCCOCCCC(=O)c6cccc(-c7cc(Cc8ccc(OC(F)(F)F)cc8)ncn7)c6)CCCC5C=NN4)c3)cnn12. The van der Waals surface area contributed by atoms with E-state index < -0.39 is 18.1 Å². The van der Waals surface area contributed by atoms with Gasteiger partial charge in [-0.3, -0.25) is 24.7 Å². The average Bonchev–Trinajstić information content (AvgIpc) is 1.18. The van der Waals surface area contributed by atoms with Crippen molar-refractivity contribution in [2.75, 3.05) is 145 Å². The quantitative estimate of drug-likeness (QED) is 0.0156. The van der Waals surface area contributed by atoms with Gasteiger partial charge >= 0.3 is 12.5 Å². The van der Waals surface area contributed by atoms with Crippen LogP contribution in [0.2, 0.25) is 0 Å². The molecule has 0 spiro atoms. The number of carbonyl (C=O) groups excluding carboxylic acids is 3. The Morgan fingerprint density at radius 3 is 2.01 bits per heavy atom. The molecular formula is C85H96F6N10O13. The van der Waals surface area contributed by atoms with Gasteiger partial charge in [0.05, 0.1) is 128 Å². The highest BCUT2D eigenvalue weighted by Gasteiger charge is 2.35. The van der Waals surface area contributed by atoms with Crippen LogP contribution in [0.5, 0.6) is 11.5 Å². The van der Waals surface area contributed by atoms with Crippen LogP contribution in [0.25, 0.3) is 22.6 Å². The summed E-state index contributed by atoms with van der Waals surface area (Å²) in [6, 6.07) is 33.2. The smallest absolute Gasteiger partial charge is 0.489 e. The topological polar surface area (TPSA) is 242 Å². The van der Waals surface area contributed by atoms with Gasteiger partial charge in [-0.1, -0.05) is 72.7 Å². The number of fused-ring (bicyclic) bond motifs is 2. The number of halogens is 6. The van der Waals surface area contributed by atoms with E-state index in [1.54, 1.807) is 89.7 Å². The fraction of sp³-hybridized carbons (Fsp3) is 0.435. The molecule has 29 heteroatoms. The van der Waals surface area contributed by atoms with Crippen molar-refractivity contribution in [1.29, 1.82) is 0 Å². The zero-order valence-electron chi connectivity index (χ0n) is 64.1. The fourth-order valence-electron chi connectivity index (χ4n) is 13.2. The molecule has 23 nitrogen and oxygen atoms in total. The van der Waals surface area contributed by atoms with Gasteiger partial charge in [0, 0.05) is 122 Å². The van der Waals surface area contributed by atoms with Gasteiger partial charge in [-0.2, -0.15) is 23.4 Å². The van der Waals surface area contributed by atoms with E-state index in [1.807, 2.05) is 49.4 Å². The normalized spacial score (nSPS) is 15.5. The van der Waals surface area contributed by atoms with Crippen LogP contribution in [-0.4, -0.2) is 216 Å². The van der Waals surface area contributed by atoms with Crippen molar-refractivity contribution in [2.24, 2.45) is 11.0 Å². The molecule has 2 fully saturated rings. The molecule has 606 valence electrons. The van der Waals surface area contributed by atoms with Gasteiger partial charge < -0.3 is 57.6 Å². The molecule has 0 bridgehead atoms. The van der Waals surface area contributed by atoms with Crippen LogP contribution in [0.1, 0.15) is 126 Å². The molecule has 8 aromatic rings. The van der Waals surface area contributed by atoms with Crippen LogP contribution in [-0.2, 0) is 63.5 Å². The molecule has 2 unspecified atom stereocenters. The van der Waals surface area contributed by atoms with Crippen LogP contribution < -0.4 is 20.2 Å². The lowest BCUT2D eigenvalue weighted by Crippen LogP contribution is -2.44. The number of carbonyl (C=O) groups is 3. The van der Waals surface area contributed by atoms with Gasteiger partial charge in [0.1, 0.15) is 30.1 Å². The molecule has 2 aliphatic heterocycles. The van der Waals surface area contributed by atoms with E-state index in [9.17, 15) is 40.7 Å². The van der Waals surface area contributed by atoms with E-state index in [0.29, 0.717) is 194 Å². The van der Waals surface area contributed by atoms with Gasteiger partial charge in [0.25, 0.3) is 5.91 Å². The first kappa shape index (κ1) is 85.1. The van der Waals surface area contributed by atoms with E-state index >= 15 is 0 Å². The van der Waals surface area contributed by atoms with Gasteiger partial charge in [0.15, 0.2) is 17.2 Å². The molecule has 2 atom stereocenters. The number of Topliss-reactive ketones (excluding diaryl/α,β-unsaturated/α-hetero) is 2. The number of alkyl halides is 6. The van der Waals surface area contributed by atoms with E-state index in [4.69, 9.17) is 42.6 Å². The van der Waals surface area contributed by atoms with Crippen molar-refractivity contribution < 1.29 is 88.1 Å². The summed E-state index contributed by atoms with van der Waals surface area (Å²) in [5, 5.41) is 11.9. The van der Waals surface area contributed by atoms with E-state index in [2.05, 4.69) is 57.4 Å². The predicted molar refractivity (Wildman–Crippen MR) is 414 cm³/mol. The Bertz CT molecular complexity index is 4580. The third kappa shape index (κ3) is 27.2. The predicted octanol–water partition coefficient (Wildman–Crippen LogP) is 12.4. The lowest BCUT2D eigenvalue weighted by Gasteiger charge is -2.33. The molecule has 5 heterocycles. The molecule has 1 amide bonds. The summed E-state index contributed by atoms with van der Waals surface area (Å²) >= 11 is 0. The zero-order chi connectivity index (χ0) is 79.9. The molecule has 3 aliphatic rings. The molecular weight excluding hydrogens is 1480 g/mol. The second-order valence-electron chi connectivity index (χ2n) is 27.8. The number of ether oxygens (including phenoxy) is 10. The van der Waals surface area contributed by atoms with Crippen LogP contribution in [0, 0.1) is 24.7 Å². The molecule has 114 heavy (non-hydrogen) atoms. The van der Waals surface area contributed by atoms with E-state index in [-0.39, 0.29) is 60.4 Å². The van der Waals surface area contributed by atoms with Crippen LogP contribution >= 0.6 is 0 Å². The minimum absolute atomic E-state index is 0.0227. The van der Waals surface area contributed by atoms with Crippen molar-refractivity contribution in [2.45, 2.75) is 89.9 Å². The Morgan fingerprint density at radius 2 is 1.28 bits per heavy atom. The molecule has 2 N–H and O–H groups in total. The number of allylic oxidation sites excluding steroid dienone is 1. The number of nitrogens with one attached hydrogen (secondary N) is 2. The van der Waals surface area contributed by atoms with E-state index in [1.165, 1.54) is 30.1 Å². The Kier molecular flexibility index (Phi) is 32.5. The number of rotatable bonds is 42. The van der Waals surface area contributed by atoms with Gasteiger partial charge in [0.2, 0.25) is 0 Å². The Hall–Kier alpha value is -9.84. The van der Waals surface area contributed by atoms with Crippen molar-refractivity contribution >= 4 is 35.0 Å². The number of ketones is 2. The number of imidazole rings is 1. The van der Waals surface area contributed by atoms with Crippen molar-refractivity contribution in [3.05, 3.63) is 213 Å². The minimum Gasteiger partial charge on any atom is -0.489 e. The lowest BCUT2D eigenvalue weighted by molar-refractivity contribution is -0.274. The van der Waals surface area contributed by atoms with Gasteiger partial charge in [-0.05, 0) is 135 Å². The van der Waals surface area contributed by atoms with Crippen molar-refractivity contribution in [3.8, 4) is 34.6 Å². The summed E-state index contributed by atoms with van der Waals surface area (Å²) < 4.78 is 138. The number of amides is 1. The highest BCUT2D eigenvalue weighted by molar-refractivity contribution is 5.98. The standard InChI is InChI=1S/C85H96F6N10O13/c1-60-14-18-66(80(103)49-62-15-19-70(77(48-62)84(86,87)88)58-100-29-27-99(2)28-30-100)50-63(60)20-21-72-56-93-81-54-75(57-97-101(72)81)113-46-44-111-42-41-110-40-39-109-38-37-108-36-35-107-34-33-106-32-26-92-83(104)68-10-4-9-67(52-68)82-76-25-24-73(12-5-11-69(76)55-96-98-82)112-45-43-105-31-6-13-79(102)65-8-3-7-64(51-65)78-53-71(94-59-95-78)47-61-16-22-74(23-17-61)114-85(89,90)91/h3-4,7-10,14-19,22-23,48,50-57,59,69,73,98H,5-6,11-13,24-47,49,58H2,1-2H3,(H,92,104). The number of benzene rings is 5. The Labute approximate surface area is 659 Å². The van der Waals surface area contributed by atoms with Crippen molar-refractivity contribution in [3.63, 3.8) is 0 Å². The summed E-state index contributed by atoms with van der Waals surface area (Å²) in [5.41, 5.74) is 12.7. The third-order valence-corrected chi connectivity index (χ3v) is 19.4. The summed E-state index contributed by atoms with van der Waals surface area (Å²) in [5.74, 6) is 6.04. The second-order valence-corrected chi connectivity index (χ2v) is 27.8. The van der Waals surface area contributed by atoms with Crippen LogP contribution in [0.15, 0.2) is 151 Å². The lowest BCUT2D eigenvalue weighted by atomic mass is 9.83. The van der Waals surface area contributed by atoms with E-state index in [0.717, 1.165) is 79.2 Å². The molecule has 1 saturated heterocycles. The summed E-state index contributed by atoms with van der Waals surface area (Å²) in [6.07, 6.45) is 2.70. The summed E-state index contributed by atoms with van der Waals surface area (Å²) in [6.45, 7) is 11.4. The number of aryl methyl sites for hydroxylation is 1. The third-order valence-electron chi connectivity index (χ3n) is 19.4. The number of aromatic nitrogens is 5. The van der Waals surface area contributed by atoms with Crippen LogP contribution in [0.4, 0.5) is 26.3 Å². The molecule has 11 rings (SSSR count). The number of hydrogen-bond donors (Lipinski definition) is 2. The monoisotopic (exact) mass is 1580 g/mol. The Balaban J connectivity index is 0.480. The number of nitrogens with zero attached hydrogens (tertiary/aromatic N) is 8. The second kappa shape index (κ2) is 43.6.